The van der Waals surface area contributed by atoms with E-state index in [-0.39, 0.29) is 18.6 Å². The van der Waals surface area contributed by atoms with E-state index < -0.39 is 29.6 Å². The van der Waals surface area contributed by atoms with E-state index in [0.717, 1.165) is 14.2 Å². The molecular weight excluding hydrogens is 216 g/mol. The van der Waals surface area contributed by atoms with Crippen LogP contribution in [0.2, 0.25) is 0 Å². The maximum atomic E-state index is 11.7. The Morgan fingerprint density at radius 2 is 1.56 bits per heavy atom. The van der Waals surface area contributed by atoms with Gasteiger partial charge in [-0.25, -0.2) is 0 Å². The van der Waals surface area contributed by atoms with Crippen molar-refractivity contribution >= 4 is 23.5 Å². The summed E-state index contributed by atoms with van der Waals surface area (Å²) < 4.78 is 8.84. The van der Waals surface area contributed by atoms with Crippen LogP contribution in [0, 0.1) is 5.41 Å². The molecule has 0 heterocycles. The Balaban J connectivity index is 3.20. The number of rotatable bonds is 2. The lowest BCUT2D eigenvalue weighted by Crippen LogP contribution is -2.51. The van der Waals surface area contributed by atoms with Crippen LogP contribution in [0.15, 0.2) is 0 Å². The van der Waals surface area contributed by atoms with Crippen LogP contribution in [0.4, 0.5) is 0 Å². The SMILES string of the molecule is COC(=O)C1(C(=O)OC)CC(=O)CCC1=O. The fraction of sp³-hybridized carbons (Fsp3) is 0.600. The average molecular weight is 228 g/mol. The van der Waals surface area contributed by atoms with Crippen molar-refractivity contribution in [2.75, 3.05) is 14.2 Å². The highest BCUT2D eigenvalue weighted by molar-refractivity contribution is 6.24. The first-order valence-electron chi connectivity index (χ1n) is 4.71. The van der Waals surface area contributed by atoms with E-state index in [1.165, 1.54) is 0 Å². The fourth-order valence-electron chi connectivity index (χ4n) is 1.75. The minimum Gasteiger partial charge on any atom is -0.468 e. The van der Waals surface area contributed by atoms with Crippen LogP contribution in [-0.4, -0.2) is 37.7 Å². The first-order valence-corrected chi connectivity index (χ1v) is 4.71. The number of carbonyl (C=O) groups excluding carboxylic acids is 4. The molecule has 1 fully saturated rings. The highest BCUT2D eigenvalue weighted by Crippen LogP contribution is 2.34. The Kier molecular flexibility index (Phi) is 3.41. The van der Waals surface area contributed by atoms with E-state index in [9.17, 15) is 19.2 Å². The number of methoxy groups -OCH3 is 2. The number of hydrogen-bond acceptors (Lipinski definition) is 6. The van der Waals surface area contributed by atoms with E-state index in [1.807, 2.05) is 0 Å². The van der Waals surface area contributed by atoms with Crippen LogP contribution in [-0.2, 0) is 28.7 Å². The molecule has 0 atom stereocenters. The molecule has 0 aliphatic heterocycles. The molecule has 6 heteroatoms. The molecule has 88 valence electrons. The van der Waals surface area contributed by atoms with Gasteiger partial charge in [0, 0.05) is 19.3 Å². The second-order valence-corrected chi connectivity index (χ2v) is 3.53. The topological polar surface area (TPSA) is 86.7 Å². The predicted octanol–water partition coefficient (Wildman–Crippen LogP) is -0.359. The molecule has 1 aliphatic carbocycles. The lowest BCUT2D eigenvalue weighted by atomic mass is 9.72. The summed E-state index contributed by atoms with van der Waals surface area (Å²) in [7, 11) is 2.11. The van der Waals surface area contributed by atoms with Crippen molar-refractivity contribution in [2.45, 2.75) is 19.3 Å². The van der Waals surface area contributed by atoms with E-state index in [4.69, 9.17) is 0 Å². The van der Waals surface area contributed by atoms with Gasteiger partial charge in [0.1, 0.15) is 5.78 Å². The monoisotopic (exact) mass is 228 g/mol. The van der Waals surface area contributed by atoms with Gasteiger partial charge in [0.25, 0.3) is 0 Å². The molecule has 0 N–H and O–H groups in total. The molecule has 1 saturated carbocycles. The van der Waals surface area contributed by atoms with E-state index in [1.54, 1.807) is 0 Å². The molecule has 0 radical (unpaired) electrons. The van der Waals surface area contributed by atoms with E-state index >= 15 is 0 Å². The lowest BCUT2D eigenvalue weighted by molar-refractivity contribution is -0.175. The third-order valence-electron chi connectivity index (χ3n) is 2.64. The van der Waals surface area contributed by atoms with Crippen LogP contribution in [0.5, 0.6) is 0 Å². The first kappa shape index (κ1) is 12.4. The summed E-state index contributed by atoms with van der Waals surface area (Å²) in [6, 6.07) is 0. The molecule has 1 rings (SSSR count). The van der Waals surface area contributed by atoms with Gasteiger partial charge >= 0.3 is 11.9 Å². The molecule has 1 aliphatic rings. The average Bonchev–Trinajstić information content (AvgIpc) is 2.30. The van der Waals surface area contributed by atoms with Gasteiger partial charge in [-0.05, 0) is 0 Å². The lowest BCUT2D eigenvalue weighted by Gasteiger charge is -2.29. The molecule has 0 amide bonds. The number of esters is 2. The van der Waals surface area contributed by atoms with Crippen LogP contribution in [0.3, 0.4) is 0 Å². The molecule has 0 aromatic rings. The minimum atomic E-state index is -2.08. The standard InChI is InChI=1S/C10H12O6/c1-15-8(13)10(9(14)16-2)5-6(11)3-4-7(10)12/h3-5H2,1-2H3. The molecule has 0 aromatic heterocycles. The second-order valence-electron chi connectivity index (χ2n) is 3.53. The highest BCUT2D eigenvalue weighted by Gasteiger charge is 2.57. The third kappa shape index (κ3) is 1.70. The zero-order chi connectivity index (χ0) is 12.3. The molecule has 0 spiro atoms. The summed E-state index contributed by atoms with van der Waals surface area (Å²) in [5.41, 5.74) is -2.08. The summed E-state index contributed by atoms with van der Waals surface area (Å²) in [6.45, 7) is 0. The number of ketones is 2. The van der Waals surface area contributed by atoms with Crippen molar-refractivity contribution in [3.63, 3.8) is 0 Å². The maximum Gasteiger partial charge on any atom is 0.331 e. The Morgan fingerprint density at radius 1 is 1.06 bits per heavy atom. The van der Waals surface area contributed by atoms with Gasteiger partial charge in [-0.15, -0.1) is 0 Å². The van der Waals surface area contributed by atoms with E-state index in [0.29, 0.717) is 0 Å². The van der Waals surface area contributed by atoms with Gasteiger partial charge in [0.2, 0.25) is 5.41 Å². The van der Waals surface area contributed by atoms with Crippen molar-refractivity contribution in [3.05, 3.63) is 0 Å². The molecule has 16 heavy (non-hydrogen) atoms. The summed E-state index contributed by atoms with van der Waals surface area (Å²) in [4.78, 5) is 46.1. The van der Waals surface area contributed by atoms with Gasteiger partial charge in [0.15, 0.2) is 5.78 Å². The number of ether oxygens (including phenoxy) is 2. The first-order chi connectivity index (χ1) is 7.48. The summed E-state index contributed by atoms with van der Waals surface area (Å²) >= 11 is 0. The zero-order valence-corrected chi connectivity index (χ0v) is 9.07. The van der Waals surface area contributed by atoms with Gasteiger partial charge in [0.05, 0.1) is 14.2 Å². The van der Waals surface area contributed by atoms with Gasteiger partial charge < -0.3 is 9.47 Å². The molecule has 6 nitrogen and oxygen atoms in total. The Labute approximate surface area is 91.9 Å². The van der Waals surface area contributed by atoms with Crippen molar-refractivity contribution in [1.82, 2.24) is 0 Å². The minimum absolute atomic E-state index is 0.0502. The highest BCUT2D eigenvalue weighted by atomic mass is 16.5. The quantitative estimate of drug-likeness (QED) is 0.474. The van der Waals surface area contributed by atoms with Crippen molar-refractivity contribution < 1.29 is 28.7 Å². The fourth-order valence-corrected chi connectivity index (χ4v) is 1.75. The van der Waals surface area contributed by atoms with Crippen molar-refractivity contribution in [1.29, 1.82) is 0 Å². The summed E-state index contributed by atoms with van der Waals surface area (Å²) in [5.74, 6) is -3.00. The van der Waals surface area contributed by atoms with E-state index in [2.05, 4.69) is 9.47 Å². The Hall–Kier alpha value is -1.72. The van der Waals surface area contributed by atoms with Crippen molar-refractivity contribution in [3.8, 4) is 0 Å². The van der Waals surface area contributed by atoms with Crippen LogP contribution in [0.25, 0.3) is 0 Å². The van der Waals surface area contributed by atoms with Gasteiger partial charge in [-0.1, -0.05) is 0 Å². The smallest absolute Gasteiger partial charge is 0.331 e. The molecule has 0 bridgehead atoms. The van der Waals surface area contributed by atoms with Crippen molar-refractivity contribution in [2.24, 2.45) is 5.41 Å². The zero-order valence-electron chi connectivity index (χ0n) is 9.07. The Morgan fingerprint density at radius 3 is 2.00 bits per heavy atom. The molecular formula is C10H12O6. The predicted molar refractivity (Wildman–Crippen MR) is 50.3 cm³/mol. The third-order valence-corrected chi connectivity index (χ3v) is 2.64. The molecule has 0 saturated heterocycles. The summed E-state index contributed by atoms with van der Waals surface area (Å²) in [6.07, 6.45) is -0.553. The normalized spacial score (nSPS) is 19.1. The van der Waals surface area contributed by atoms with Crippen LogP contribution < -0.4 is 0 Å². The Bertz CT molecular complexity index is 327. The number of Topliss-reactive ketones (excluding diaryl/α,β-unsaturated/α-hetero) is 2. The summed E-state index contributed by atoms with van der Waals surface area (Å²) in [5, 5.41) is 0. The molecule has 0 aromatic carbocycles. The largest absolute Gasteiger partial charge is 0.468 e. The van der Waals surface area contributed by atoms with Crippen LogP contribution in [0.1, 0.15) is 19.3 Å². The van der Waals surface area contributed by atoms with Gasteiger partial charge in [-0.2, -0.15) is 0 Å². The van der Waals surface area contributed by atoms with Crippen LogP contribution >= 0.6 is 0 Å². The number of hydrogen-bond donors (Lipinski definition) is 0. The number of carbonyl (C=O) groups is 4. The maximum absolute atomic E-state index is 11.7. The second kappa shape index (κ2) is 4.42. The molecule has 0 unspecified atom stereocenters. The van der Waals surface area contributed by atoms with Gasteiger partial charge in [-0.3, -0.25) is 19.2 Å².